The van der Waals surface area contributed by atoms with E-state index in [0.29, 0.717) is 39.3 Å². The number of methoxy groups -OCH3 is 3. The van der Waals surface area contributed by atoms with Crippen molar-refractivity contribution in [2.24, 2.45) is 5.10 Å². The van der Waals surface area contributed by atoms with Crippen LogP contribution in [0.5, 0.6) is 17.2 Å². The van der Waals surface area contributed by atoms with E-state index in [1.165, 1.54) is 24.5 Å². The van der Waals surface area contributed by atoms with Crippen LogP contribution in [-0.4, -0.2) is 32.0 Å². The van der Waals surface area contributed by atoms with Crippen LogP contribution in [0.4, 0.5) is 9.52 Å². The second-order valence-corrected chi connectivity index (χ2v) is 9.37. The van der Waals surface area contributed by atoms with E-state index >= 15 is 0 Å². The van der Waals surface area contributed by atoms with Crippen LogP contribution in [0, 0.1) is 5.82 Å². The van der Waals surface area contributed by atoms with E-state index in [9.17, 15) is 4.39 Å². The van der Waals surface area contributed by atoms with Crippen molar-refractivity contribution < 1.29 is 18.6 Å². The SMILES string of the molecule is Br.COc1ccc(-c2csc(N3N=C(c4ccc(Cl)cc4)CC3c3ccc(OC)c(OC)c3)n2)cc1F. The van der Waals surface area contributed by atoms with Gasteiger partial charge in [-0.25, -0.2) is 14.4 Å². The van der Waals surface area contributed by atoms with Gasteiger partial charge in [0.25, 0.3) is 0 Å². The minimum atomic E-state index is -0.433. The first kappa shape index (κ1) is 26.9. The molecule has 0 saturated carbocycles. The summed E-state index contributed by atoms with van der Waals surface area (Å²) in [5.74, 6) is 1.06. The van der Waals surface area contributed by atoms with Crippen molar-refractivity contribution in [3.05, 3.63) is 88.0 Å². The first-order valence-electron chi connectivity index (χ1n) is 11.1. The fourth-order valence-electron chi connectivity index (χ4n) is 4.15. The number of thiazole rings is 1. The van der Waals surface area contributed by atoms with Gasteiger partial charge in [0.1, 0.15) is 0 Å². The Hall–Kier alpha value is -3.14. The molecular weight excluding hydrogens is 581 g/mol. The Morgan fingerprint density at radius 2 is 1.57 bits per heavy atom. The summed E-state index contributed by atoms with van der Waals surface area (Å²) in [5.41, 5.74) is 4.24. The lowest BCUT2D eigenvalue weighted by molar-refractivity contribution is 0.354. The molecule has 6 nitrogen and oxygen atoms in total. The Morgan fingerprint density at radius 1 is 0.892 bits per heavy atom. The molecule has 3 aromatic carbocycles. The molecule has 1 aliphatic rings. The number of hydrazone groups is 1. The fourth-order valence-corrected chi connectivity index (χ4v) is 5.11. The molecule has 0 bridgehead atoms. The van der Waals surface area contributed by atoms with Crippen LogP contribution in [0.2, 0.25) is 5.02 Å². The van der Waals surface area contributed by atoms with Crippen molar-refractivity contribution in [2.45, 2.75) is 12.5 Å². The summed E-state index contributed by atoms with van der Waals surface area (Å²) in [6.07, 6.45) is 0.656. The topological polar surface area (TPSA) is 56.2 Å². The van der Waals surface area contributed by atoms with Crippen molar-refractivity contribution in [2.75, 3.05) is 26.3 Å². The van der Waals surface area contributed by atoms with Crippen LogP contribution in [-0.2, 0) is 0 Å². The largest absolute Gasteiger partial charge is 0.494 e. The maximum Gasteiger partial charge on any atom is 0.207 e. The van der Waals surface area contributed by atoms with Crippen LogP contribution >= 0.6 is 39.9 Å². The number of hydrogen-bond acceptors (Lipinski definition) is 7. The zero-order valence-electron chi connectivity index (χ0n) is 20.3. The lowest BCUT2D eigenvalue weighted by Gasteiger charge is -2.22. The lowest BCUT2D eigenvalue weighted by Crippen LogP contribution is -2.18. The summed E-state index contributed by atoms with van der Waals surface area (Å²) in [4.78, 5) is 4.81. The fraction of sp³-hybridized carbons (Fsp3) is 0.185. The van der Waals surface area contributed by atoms with Crippen molar-refractivity contribution in [1.82, 2.24) is 4.98 Å². The molecule has 1 unspecified atom stereocenters. The van der Waals surface area contributed by atoms with Gasteiger partial charge in [0, 0.05) is 22.4 Å². The molecule has 1 atom stereocenters. The highest BCUT2D eigenvalue weighted by Gasteiger charge is 2.32. The van der Waals surface area contributed by atoms with Crippen molar-refractivity contribution in [3.63, 3.8) is 0 Å². The average Bonchev–Trinajstić information content (AvgIpc) is 3.56. The Kier molecular flexibility index (Phi) is 8.36. The van der Waals surface area contributed by atoms with E-state index in [-0.39, 0.29) is 28.8 Å². The van der Waals surface area contributed by atoms with Gasteiger partial charge in [0.2, 0.25) is 5.13 Å². The monoisotopic (exact) mass is 603 g/mol. The third kappa shape index (κ3) is 5.44. The Morgan fingerprint density at radius 3 is 2.24 bits per heavy atom. The van der Waals surface area contributed by atoms with E-state index < -0.39 is 5.82 Å². The number of nitrogens with zero attached hydrogens (tertiary/aromatic N) is 3. The third-order valence-electron chi connectivity index (χ3n) is 6.02. The molecule has 1 aliphatic heterocycles. The summed E-state index contributed by atoms with van der Waals surface area (Å²) in [6, 6.07) is 18.2. The van der Waals surface area contributed by atoms with Crippen LogP contribution in [0.15, 0.2) is 71.1 Å². The second-order valence-electron chi connectivity index (χ2n) is 8.10. The van der Waals surface area contributed by atoms with Gasteiger partial charge < -0.3 is 14.2 Å². The van der Waals surface area contributed by atoms with Gasteiger partial charge in [-0.1, -0.05) is 29.8 Å². The molecule has 0 fully saturated rings. The number of aromatic nitrogens is 1. The zero-order chi connectivity index (χ0) is 25.2. The van der Waals surface area contributed by atoms with E-state index in [0.717, 1.165) is 16.8 Å². The van der Waals surface area contributed by atoms with E-state index in [2.05, 4.69) is 0 Å². The summed E-state index contributed by atoms with van der Waals surface area (Å²) >= 11 is 7.55. The predicted octanol–water partition coefficient (Wildman–Crippen LogP) is 7.56. The predicted molar refractivity (Wildman–Crippen MR) is 152 cm³/mol. The minimum Gasteiger partial charge on any atom is -0.494 e. The van der Waals surface area contributed by atoms with E-state index in [4.69, 9.17) is 35.9 Å². The van der Waals surface area contributed by atoms with Crippen molar-refractivity contribution in [3.8, 4) is 28.5 Å². The van der Waals surface area contributed by atoms with E-state index in [1.807, 2.05) is 52.9 Å². The van der Waals surface area contributed by atoms with Crippen molar-refractivity contribution in [1.29, 1.82) is 0 Å². The maximum atomic E-state index is 14.3. The Bertz CT molecular complexity index is 1430. The number of rotatable bonds is 7. The number of benzene rings is 3. The van der Waals surface area contributed by atoms with Gasteiger partial charge in [0.15, 0.2) is 23.1 Å². The van der Waals surface area contributed by atoms with Gasteiger partial charge in [-0.2, -0.15) is 5.10 Å². The average molecular weight is 605 g/mol. The van der Waals surface area contributed by atoms with Gasteiger partial charge in [0.05, 0.1) is 38.8 Å². The normalized spacial score (nSPS) is 14.7. The Labute approximate surface area is 234 Å². The quantitative estimate of drug-likeness (QED) is 0.218. The molecule has 4 aromatic rings. The molecule has 192 valence electrons. The van der Waals surface area contributed by atoms with Crippen LogP contribution < -0.4 is 19.2 Å². The van der Waals surface area contributed by atoms with Gasteiger partial charge in [-0.05, 0) is 53.6 Å². The number of anilines is 1. The lowest BCUT2D eigenvalue weighted by atomic mass is 9.98. The highest BCUT2D eigenvalue weighted by atomic mass is 79.9. The molecule has 0 amide bonds. The zero-order valence-corrected chi connectivity index (χ0v) is 23.6. The molecule has 0 spiro atoms. The van der Waals surface area contributed by atoms with Gasteiger partial charge in [-0.3, -0.25) is 0 Å². The second kappa shape index (κ2) is 11.5. The summed E-state index contributed by atoms with van der Waals surface area (Å²) < 4.78 is 30.3. The highest BCUT2D eigenvalue weighted by Crippen LogP contribution is 2.42. The van der Waals surface area contributed by atoms with Crippen LogP contribution in [0.1, 0.15) is 23.6 Å². The molecule has 0 N–H and O–H groups in total. The van der Waals surface area contributed by atoms with E-state index in [1.54, 1.807) is 26.4 Å². The molecule has 0 aliphatic carbocycles. The number of halogens is 3. The summed E-state index contributed by atoms with van der Waals surface area (Å²) in [6.45, 7) is 0. The van der Waals surface area contributed by atoms with Gasteiger partial charge in [-0.15, -0.1) is 28.3 Å². The maximum absolute atomic E-state index is 14.3. The molecule has 10 heteroatoms. The molecule has 0 radical (unpaired) electrons. The summed E-state index contributed by atoms with van der Waals surface area (Å²) in [7, 11) is 4.67. The number of hydrogen-bond donors (Lipinski definition) is 0. The Balaban J connectivity index is 0.00000320. The van der Waals surface area contributed by atoms with Crippen molar-refractivity contribution >= 4 is 50.8 Å². The first-order chi connectivity index (χ1) is 17.5. The standard InChI is InChI=1S/C27H23ClFN3O3S.BrH/c1-33-24-10-6-17(12-20(24)29)22-15-36-27(30-22)32-23(18-7-11-25(34-2)26(13-18)35-3)14-21(31-32)16-4-8-19(28)9-5-16;/h4-13,15,23H,14H2,1-3H3;1H. The smallest absolute Gasteiger partial charge is 0.207 e. The van der Waals surface area contributed by atoms with Gasteiger partial charge >= 0.3 is 0 Å². The molecule has 5 rings (SSSR count). The summed E-state index contributed by atoms with van der Waals surface area (Å²) in [5, 5.41) is 10.1. The van der Waals surface area contributed by atoms with Crippen LogP contribution in [0.3, 0.4) is 0 Å². The highest BCUT2D eigenvalue weighted by molar-refractivity contribution is 8.93. The first-order valence-corrected chi connectivity index (χ1v) is 12.4. The van der Waals surface area contributed by atoms with Crippen LogP contribution in [0.25, 0.3) is 11.3 Å². The molecule has 37 heavy (non-hydrogen) atoms. The number of ether oxygens (including phenoxy) is 3. The minimum absolute atomic E-state index is 0. The molecule has 0 saturated heterocycles. The molecule has 1 aromatic heterocycles. The molecule has 2 heterocycles. The molecular formula is C27H24BrClFN3O3S. The third-order valence-corrected chi connectivity index (χ3v) is 7.10.